The molecule has 22 aliphatic rings. The van der Waals surface area contributed by atoms with Crippen molar-refractivity contribution in [2.24, 2.45) is 5.73 Å². The van der Waals surface area contributed by atoms with Crippen LogP contribution in [-0.2, 0) is 56.8 Å². The van der Waals surface area contributed by atoms with E-state index < -0.39 is 224 Å². The largest absolute Gasteiger partial charge is 0.412 e. The van der Waals surface area contributed by atoms with Gasteiger partial charge in [-0.3, -0.25) is 0 Å². The molecule has 22 rings (SSSR count). The van der Waals surface area contributed by atoms with Gasteiger partial charge in [0.15, 0.2) is 37.7 Å². The van der Waals surface area contributed by atoms with Crippen LogP contribution in [0.25, 0.3) is 0 Å². The third-order valence-electron chi connectivity index (χ3n) is 12.8. The van der Waals surface area contributed by atoms with E-state index in [1.807, 2.05) is 0 Å². The molecular weight excluding hydrogens is 926 g/mol. The summed E-state index contributed by atoms with van der Waals surface area (Å²) >= 11 is 0. The van der Waals surface area contributed by atoms with E-state index >= 15 is 0 Å². The summed E-state index contributed by atoms with van der Waals surface area (Å²) in [7, 11) is 0. The summed E-state index contributed by atoms with van der Waals surface area (Å²) in [5.74, 6) is 0. The second kappa shape index (κ2) is 23.1. The molecule has 0 aliphatic carbocycles. The highest BCUT2D eigenvalue weighted by Gasteiger charge is 2.58. The summed E-state index contributed by atoms with van der Waals surface area (Å²) in [4.78, 5) is 0. The molecule has 0 spiro atoms. The lowest BCUT2D eigenvalue weighted by Gasteiger charge is -2.50. The summed E-state index contributed by atoms with van der Waals surface area (Å²) in [5.41, 5.74) is 6.26. The molecule has 22 heterocycles. The molecule has 0 aromatic heterocycles. The second-order valence-electron chi connectivity index (χ2n) is 16.9. The minimum absolute atomic E-state index is 0. The molecule has 31 nitrogen and oxygen atoms in total. The van der Waals surface area contributed by atoms with Gasteiger partial charge in [0.25, 0.3) is 0 Å². The van der Waals surface area contributed by atoms with Gasteiger partial charge >= 0.3 is 0 Å². The molecular formula is C36H63NO30. The quantitative estimate of drug-likeness (QED) is 0.117. The van der Waals surface area contributed by atoms with Crippen LogP contribution in [0.2, 0.25) is 0 Å². The maximum Gasteiger partial charge on any atom is 0.187 e. The Kier molecular flexibility index (Phi) is 19.0. The minimum Gasteiger partial charge on any atom is -0.412 e. The number of hydrogen-bond acceptors (Lipinski definition) is 30. The van der Waals surface area contributed by atoms with Crippen molar-refractivity contribution in [3.05, 3.63) is 0 Å². The van der Waals surface area contributed by atoms with Gasteiger partial charge in [-0.2, -0.15) is 0 Å². The maximum atomic E-state index is 11.3. The van der Waals surface area contributed by atoms with E-state index in [4.69, 9.17) is 62.6 Å². The first-order valence-electron chi connectivity index (χ1n) is 21.2. The molecule has 21 N–H and O–H groups in total. The molecule has 31 heteroatoms. The first kappa shape index (κ1) is 55.1. The Morgan fingerprint density at radius 3 is 0.597 bits per heavy atom. The fraction of sp³-hybridized carbons (Fsp3) is 1.00. The van der Waals surface area contributed by atoms with Gasteiger partial charge in [-0.05, 0) is 0 Å². The fourth-order valence-electron chi connectivity index (χ4n) is 8.97. The van der Waals surface area contributed by atoms with Crippen molar-refractivity contribution < 1.29 is 149 Å². The van der Waals surface area contributed by atoms with Gasteiger partial charge in [-0.1, -0.05) is 0 Å². The Morgan fingerprint density at radius 2 is 0.403 bits per heavy atom. The third kappa shape index (κ3) is 10.7. The van der Waals surface area contributed by atoms with Gasteiger partial charge in [0.1, 0.15) is 140 Å². The van der Waals surface area contributed by atoms with E-state index in [1.165, 1.54) is 0 Å². The summed E-state index contributed by atoms with van der Waals surface area (Å²) in [6.07, 6.45) is -55.1. The molecule has 12 bridgehead atoms. The van der Waals surface area contributed by atoms with Gasteiger partial charge in [0.2, 0.25) is 0 Å². The second-order valence-corrected chi connectivity index (χ2v) is 16.9. The number of nitrogens with two attached hydrogens (primary N) is 1. The number of aliphatic hydroxyl groups is 17. The molecule has 0 saturated carbocycles. The molecule has 30 unspecified atom stereocenters. The lowest BCUT2D eigenvalue weighted by molar-refractivity contribution is -0.400. The highest BCUT2D eigenvalue weighted by atomic mass is 16.8. The van der Waals surface area contributed by atoms with Crippen LogP contribution in [0.4, 0.5) is 0 Å². The van der Waals surface area contributed by atoms with Gasteiger partial charge in [-0.25, -0.2) is 0 Å². The van der Waals surface area contributed by atoms with Crippen molar-refractivity contribution in [1.29, 1.82) is 0 Å². The highest BCUT2D eigenvalue weighted by Crippen LogP contribution is 2.37. The van der Waals surface area contributed by atoms with Crippen LogP contribution in [0, 0.1) is 0 Å². The van der Waals surface area contributed by atoms with Crippen molar-refractivity contribution in [3.8, 4) is 0 Å². The van der Waals surface area contributed by atoms with Crippen molar-refractivity contribution in [2.45, 2.75) is 184 Å². The average Bonchev–Trinajstić information content (AvgIpc) is 3.31. The average molecular weight is 990 g/mol. The third-order valence-corrected chi connectivity index (χ3v) is 12.8. The van der Waals surface area contributed by atoms with Crippen molar-refractivity contribution in [2.75, 3.05) is 39.6 Å². The SMILES string of the molecule is NC1C2OC(CO)C(OC3OC(CO)C(OC4OC(CO)C(OC5OC(CO)C(OC6OC(CO)C(OC7OC(CO)C(O2)C(O)C7O)C(O)C6O)C(O)C5O)C(O)C4O)C(O)C3O)C1O.O. The normalized spacial score (nSPS) is 54.5. The lowest BCUT2D eigenvalue weighted by Crippen LogP contribution is -2.69. The van der Waals surface area contributed by atoms with E-state index in [0.29, 0.717) is 0 Å². The van der Waals surface area contributed by atoms with Crippen molar-refractivity contribution in [3.63, 3.8) is 0 Å². The van der Waals surface area contributed by atoms with Gasteiger partial charge in [0, 0.05) is 0 Å². The standard InChI is InChI=1S/C36H61NO29.H2O/c37-13-14(44)25-7(1-38)55-31(13)61-26-8(2-39)56-33(20(50)15(26)45)63-28-10(4-41)58-35(22(52)17(28)47)65-30-12(6-43)60-36(24(54)19(30)49)66-29-11(5-42)59-34(23(53)18(29)48)64-27-9(3-40)57-32(62-25)21(51)16(27)46;/h7-36,38-54H,1-6,37H2;1H2. The lowest BCUT2D eigenvalue weighted by atomic mass is 9.94. The first-order chi connectivity index (χ1) is 31.4. The van der Waals surface area contributed by atoms with Crippen LogP contribution in [0.3, 0.4) is 0 Å². The molecule has 0 amide bonds. The smallest absolute Gasteiger partial charge is 0.187 e. The van der Waals surface area contributed by atoms with Crippen molar-refractivity contribution in [1.82, 2.24) is 0 Å². The zero-order valence-corrected chi connectivity index (χ0v) is 35.1. The maximum absolute atomic E-state index is 11.3. The minimum atomic E-state index is -2.14. The molecule has 392 valence electrons. The Labute approximate surface area is 378 Å². The molecule has 67 heavy (non-hydrogen) atoms. The molecule has 0 aromatic carbocycles. The predicted octanol–water partition coefficient (Wildman–Crippen LogP) is -13.9. The molecule has 22 aliphatic heterocycles. The molecule has 0 radical (unpaired) electrons. The van der Waals surface area contributed by atoms with Crippen molar-refractivity contribution >= 4 is 0 Å². The van der Waals surface area contributed by atoms with Gasteiger partial charge in [-0.15, -0.1) is 0 Å². The van der Waals surface area contributed by atoms with Crippen LogP contribution < -0.4 is 5.73 Å². The summed E-state index contributed by atoms with van der Waals surface area (Å²) in [5, 5.41) is 185. The Hall–Kier alpha value is -1.24. The summed E-state index contributed by atoms with van der Waals surface area (Å²) in [6.45, 7) is -5.84. The van der Waals surface area contributed by atoms with E-state index in [1.54, 1.807) is 0 Å². The molecule has 22 fully saturated rings. The number of ether oxygens (including phenoxy) is 12. The van der Waals surface area contributed by atoms with E-state index in [2.05, 4.69) is 0 Å². The predicted molar refractivity (Wildman–Crippen MR) is 201 cm³/mol. The zero-order valence-electron chi connectivity index (χ0n) is 35.1. The van der Waals surface area contributed by atoms with Crippen LogP contribution in [0.15, 0.2) is 0 Å². The zero-order chi connectivity index (χ0) is 48.0. The number of hydrogen-bond donors (Lipinski definition) is 18. The van der Waals surface area contributed by atoms with Gasteiger partial charge in [0.05, 0.1) is 45.7 Å². The topological polar surface area (TPSA) is 512 Å². The van der Waals surface area contributed by atoms with E-state index in [-0.39, 0.29) is 5.48 Å². The monoisotopic (exact) mass is 989 g/mol. The highest BCUT2D eigenvalue weighted by molar-refractivity contribution is 5.01. The summed E-state index contributed by atoms with van der Waals surface area (Å²) in [6, 6.07) is -1.65. The fourth-order valence-corrected chi connectivity index (χ4v) is 8.97. The van der Waals surface area contributed by atoms with Crippen LogP contribution >= 0.6 is 0 Å². The Balaban J connectivity index is 0.00000741. The molecule has 0 aromatic rings. The van der Waals surface area contributed by atoms with Crippen LogP contribution in [-0.4, -0.2) is 316 Å². The molecule has 30 atom stereocenters. The first-order valence-corrected chi connectivity index (χ1v) is 21.2. The summed E-state index contributed by atoms with van der Waals surface area (Å²) < 4.78 is 68.4. The number of aliphatic hydroxyl groups excluding tert-OH is 17. The Morgan fingerprint density at radius 1 is 0.239 bits per heavy atom. The van der Waals surface area contributed by atoms with E-state index in [0.717, 1.165) is 0 Å². The molecule has 22 saturated heterocycles. The van der Waals surface area contributed by atoms with Gasteiger partial charge < -0.3 is 155 Å². The van der Waals surface area contributed by atoms with E-state index in [9.17, 15) is 86.8 Å². The van der Waals surface area contributed by atoms with Crippen LogP contribution in [0.1, 0.15) is 0 Å². The Bertz CT molecular complexity index is 1240. The van der Waals surface area contributed by atoms with Crippen LogP contribution in [0.5, 0.6) is 0 Å². The number of rotatable bonds is 6.